The van der Waals surface area contributed by atoms with Gasteiger partial charge in [-0.05, 0) is 49.2 Å². The van der Waals surface area contributed by atoms with Gasteiger partial charge in [0.15, 0.2) is 0 Å². The van der Waals surface area contributed by atoms with Gasteiger partial charge in [0.1, 0.15) is 5.82 Å². The van der Waals surface area contributed by atoms with E-state index in [9.17, 15) is 9.59 Å². The van der Waals surface area contributed by atoms with Crippen molar-refractivity contribution < 1.29 is 9.59 Å². The highest BCUT2D eigenvalue weighted by Gasteiger charge is 2.14. The molecule has 136 valence electrons. The zero-order valence-corrected chi connectivity index (χ0v) is 15.0. The van der Waals surface area contributed by atoms with Crippen molar-refractivity contribution in [3.05, 3.63) is 48.2 Å². The summed E-state index contributed by atoms with van der Waals surface area (Å²) in [6.45, 7) is 3.44. The molecule has 1 fully saturated rings. The fourth-order valence-electron chi connectivity index (χ4n) is 3.08. The smallest absolute Gasteiger partial charge is 0.255 e. The first-order valence-corrected chi connectivity index (χ1v) is 9.02. The number of hydrogen-bond donors (Lipinski definition) is 2. The van der Waals surface area contributed by atoms with Crippen LogP contribution in [0.25, 0.3) is 0 Å². The summed E-state index contributed by atoms with van der Waals surface area (Å²) in [5, 5.41) is 5.58. The maximum atomic E-state index is 12.6. The van der Waals surface area contributed by atoms with Crippen molar-refractivity contribution in [3.63, 3.8) is 0 Å². The van der Waals surface area contributed by atoms with Crippen LogP contribution in [-0.4, -0.2) is 29.9 Å². The number of aromatic nitrogens is 1. The molecular weight excluding hydrogens is 328 g/mol. The summed E-state index contributed by atoms with van der Waals surface area (Å²) in [5.41, 5.74) is 1.96. The molecular formula is C20H24N4O2. The van der Waals surface area contributed by atoms with Crippen molar-refractivity contribution in [1.82, 2.24) is 4.98 Å². The Morgan fingerprint density at radius 2 is 1.54 bits per heavy atom. The molecule has 26 heavy (non-hydrogen) atoms. The average Bonchev–Trinajstić information content (AvgIpc) is 2.92. The number of rotatable bonds is 4. The van der Waals surface area contributed by atoms with E-state index in [0.29, 0.717) is 16.9 Å². The maximum Gasteiger partial charge on any atom is 0.255 e. The summed E-state index contributed by atoms with van der Waals surface area (Å²) in [6, 6.07) is 10.6. The molecule has 2 aromatic rings. The molecule has 3 rings (SSSR count). The van der Waals surface area contributed by atoms with Crippen molar-refractivity contribution in [2.75, 3.05) is 28.6 Å². The summed E-state index contributed by atoms with van der Waals surface area (Å²) >= 11 is 0. The van der Waals surface area contributed by atoms with Crippen molar-refractivity contribution in [1.29, 1.82) is 0 Å². The molecule has 1 aromatic carbocycles. The van der Waals surface area contributed by atoms with E-state index < -0.39 is 0 Å². The maximum absolute atomic E-state index is 12.6. The first kappa shape index (κ1) is 17.9. The lowest BCUT2D eigenvalue weighted by Crippen LogP contribution is -2.25. The SMILES string of the molecule is CC(=O)Nc1ccc(NC(=O)c2ccnc(N3CCCCCC3)c2)cc1. The first-order chi connectivity index (χ1) is 12.6. The van der Waals surface area contributed by atoms with Crippen LogP contribution in [0.2, 0.25) is 0 Å². The van der Waals surface area contributed by atoms with Gasteiger partial charge < -0.3 is 15.5 Å². The van der Waals surface area contributed by atoms with Crippen molar-refractivity contribution in [3.8, 4) is 0 Å². The number of nitrogens with zero attached hydrogens (tertiary/aromatic N) is 2. The van der Waals surface area contributed by atoms with Crippen LogP contribution in [0.5, 0.6) is 0 Å². The second-order valence-electron chi connectivity index (χ2n) is 6.52. The van der Waals surface area contributed by atoms with E-state index in [0.717, 1.165) is 18.9 Å². The number of hydrogen-bond acceptors (Lipinski definition) is 4. The molecule has 0 atom stereocenters. The van der Waals surface area contributed by atoms with E-state index >= 15 is 0 Å². The molecule has 6 heteroatoms. The van der Waals surface area contributed by atoms with Crippen LogP contribution < -0.4 is 15.5 Å². The molecule has 6 nitrogen and oxygen atoms in total. The number of nitrogens with one attached hydrogen (secondary N) is 2. The van der Waals surface area contributed by atoms with Crippen molar-refractivity contribution in [2.45, 2.75) is 32.6 Å². The Morgan fingerprint density at radius 3 is 2.15 bits per heavy atom. The number of amides is 2. The third-order valence-corrected chi connectivity index (χ3v) is 4.40. The Balaban J connectivity index is 1.67. The molecule has 2 heterocycles. The minimum atomic E-state index is -0.171. The van der Waals surface area contributed by atoms with Crippen LogP contribution in [-0.2, 0) is 4.79 Å². The summed E-state index contributed by atoms with van der Waals surface area (Å²) in [6.07, 6.45) is 6.53. The summed E-state index contributed by atoms with van der Waals surface area (Å²) in [5.74, 6) is 0.566. The Hall–Kier alpha value is -2.89. The molecule has 0 radical (unpaired) electrons. The monoisotopic (exact) mass is 352 g/mol. The highest BCUT2D eigenvalue weighted by molar-refractivity contribution is 6.04. The third-order valence-electron chi connectivity index (χ3n) is 4.40. The quantitative estimate of drug-likeness (QED) is 0.880. The molecule has 2 amide bonds. The molecule has 0 aliphatic carbocycles. The standard InChI is InChI=1S/C20H24N4O2/c1-15(25)22-17-6-8-18(9-7-17)23-20(26)16-10-11-21-19(14-16)24-12-4-2-3-5-13-24/h6-11,14H,2-5,12-13H2,1H3,(H,22,25)(H,23,26). The van der Waals surface area contributed by atoms with Crippen LogP contribution in [0.15, 0.2) is 42.6 Å². The Bertz CT molecular complexity index is 766. The van der Waals surface area contributed by atoms with Gasteiger partial charge in [-0.2, -0.15) is 0 Å². The number of carbonyl (C=O) groups excluding carboxylic acids is 2. The molecule has 0 bridgehead atoms. The molecule has 1 aliphatic rings. The predicted molar refractivity (Wildman–Crippen MR) is 104 cm³/mol. The summed E-state index contributed by atoms with van der Waals surface area (Å²) in [7, 11) is 0. The molecule has 1 saturated heterocycles. The largest absolute Gasteiger partial charge is 0.357 e. The molecule has 1 aromatic heterocycles. The highest BCUT2D eigenvalue weighted by atomic mass is 16.2. The van der Waals surface area contributed by atoms with Gasteiger partial charge in [-0.25, -0.2) is 4.98 Å². The van der Waals surface area contributed by atoms with Gasteiger partial charge in [-0.15, -0.1) is 0 Å². The lowest BCUT2D eigenvalue weighted by molar-refractivity contribution is -0.114. The summed E-state index contributed by atoms with van der Waals surface area (Å²) < 4.78 is 0. The van der Waals surface area contributed by atoms with Gasteiger partial charge in [-0.1, -0.05) is 12.8 Å². The predicted octanol–water partition coefficient (Wildman–Crippen LogP) is 3.67. The fraction of sp³-hybridized carbons (Fsp3) is 0.350. The van der Waals surface area contributed by atoms with Gasteiger partial charge in [-0.3, -0.25) is 9.59 Å². The molecule has 0 saturated carbocycles. The van der Waals surface area contributed by atoms with Crippen molar-refractivity contribution >= 4 is 29.0 Å². The number of anilines is 3. The van der Waals surface area contributed by atoms with E-state index in [-0.39, 0.29) is 11.8 Å². The van der Waals surface area contributed by atoms with E-state index in [4.69, 9.17) is 0 Å². The zero-order valence-electron chi connectivity index (χ0n) is 15.0. The Labute approximate surface area is 153 Å². The first-order valence-electron chi connectivity index (χ1n) is 9.02. The third kappa shape index (κ3) is 4.81. The number of benzene rings is 1. The Morgan fingerprint density at radius 1 is 0.923 bits per heavy atom. The molecule has 0 spiro atoms. The normalized spacial score (nSPS) is 14.4. The van der Waals surface area contributed by atoms with Crippen molar-refractivity contribution in [2.24, 2.45) is 0 Å². The Kier molecular flexibility index (Phi) is 5.84. The van der Waals surface area contributed by atoms with Gasteiger partial charge in [0.2, 0.25) is 5.91 Å². The van der Waals surface area contributed by atoms with Crippen LogP contribution in [0.3, 0.4) is 0 Å². The zero-order chi connectivity index (χ0) is 18.4. The van der Waals surface area contributed by atoms with Crippen LogP contribution >= 0.6 is 0 Å². The minimum absolute atomic E-state index is 0.125. The van der Waals surface area contributed by atoms with E-state index in [1.807, 2.05) is 6.07 Å². The van der Waals surface area contributed by atoms with Gasteiger partial charge >= 0.3 is 0 Å². The minimum Gasteiger partial charge on any atom is -0.357 e. The van der Waals surface area contributed by atoms with E-state index in [1.165, 1.54) is 32.6 Å². The molecule has 1 aliphatic heterocycles. The van der Waals surface area contributed by atoms with Crippen LogP contribution in [0.4, 0.5) is 17.2 Å². The van der Waals surface area contributed by atoms with Gasteiger partial charge in [0.05, 0.1) is 0 Å². The lowest BCUT2D eigenvalue weighted by atomic mass is 10.2. The average molecular weight is 352 g/mol. The van der Waals surface area contributed by atoms with Gasteiger partial charge in [0, 0.05) is 43.1 Å². The van der Waals surface area contributed by atoms with Crippen LogP contribution in [0, 0.1) is 0 Å². The topological polar surface area (TPSA) is 74.3 Å². The number of carbonyl (C=O) groups is 2. The van der Waals surface area contributed by atoms with E-state index in [2.05, 4.69) is 20.5 Å². The second-order valence-corrected chi connectivity index (χ2v) is 6.52. The fourth-order valence-corrected chi connectivity index (χ4v) is 3.08. The number of pyridine rings is 1. The highest BCUT2D eigenvalue weighted by Crippen LogP contribution is 2.19. The van der Waals surface area contributed by atoms with Crippen LogP contribution in [0.1, 0.15) is 43.0 Å². The van der Waals surface area contributed by atoms with E-state index in [1.54, 1.807) is 36.5 Å². The molecule has 2 N–H and O–H groups in total. The van der Waals surface area contributed by atoms with Gasteiger partial charge in [0.25, 0.3) is 5.91 Å². The summed E-state index contributed by atoms with van der Waals surface area (Å²) in [4.78, 5) is 30.3. The second kappa shape index (κ2) is 8.47. The lowest BCUT2D eigenvalue weighted by Gasteiger charge is -2.21. The molecule has 0 unspecified atom stereocenters.